The van der Waals surface area contributed by atoms with Crippen LogP contribution in [-0.2, 0) is 6.42 Å². The fourth-order valence-electron chi connectivity index (χ4n) is 3.41. The normalized spacial score (nSPS) is 34.0. The second-order valence-electron chi connectivity index (χ2n) is 6.04. The molecule has 0 radical (unpaired) electrons. The minimum absolute atomic E-state index is 0.152. The number of nitrogens with one attached hydrogen (secondary N) is 3. The molecule has 0 amide bonds. The zero-order valence-electron chi connectivity index (χ0n) is 12.2. The Morgan fingerprint density at radius 3 is 3.24 bits per heavy atom. The third-order valence-corrected chi connectivity index (χ3v) is 5.77. The quantitative estimate of drug-likeness (QED) is 0.656. The molecule has 3 aliphatic heterocycles. The van der Waals surface area contributed by atoms with Gasteiger partial charge in [0.1, 0.15) is 11.2 Å². The van der Waals surface area contributed by atoms with E-state index in [4.69, 9.17) is 10.5 Å². The average molecular weight is 306 g/mol. The van der Waals surface area contributed by atoms with E-state index in [0.717, 1.165) is 31.7 Å². The summed E-state index contributed by atoms with van der Waals surface area (Å²) in [4.78, 5) is 1.31. The van der Waals surface area contributed by atoms with E-state index in [9.17, 15) is 0 Å². The molecule has 0 aromatic heterocycles. The van der Waals surface area contributed by atoms with Gasteiger partial charge in [-0.25, -0.2) is 0 Å². The molecule has 0 spiro atoms. The van der Waals surface area contributed by atoms with Crippen molar-refractivity contribution >= 4 is 17.4 Å². The summed E-state index contributed by atoms with van der Waals surface area (Å²) < 4.78 is 5.64. The van der Waals surface area contributed by atoms with Gasteiger partial charge >= 0.3 is 0 Å². The number of benzene rings is 1. The molecule has 4 atom stereocenters. The van der Waals surface area contributed by atoms with Crippen molar-refractivity contribution in [2.45, 2.75) is 48.3 Å². The van der Waals surface area contributed by atoms with E-state index in [1.54, 1.807) is 0 Å². The lowest BCUT2D eigenvalue weighted by Crippen LogP contribution is -2.61. The lowest BCUT2D eigenvalue weighted by atomic mass is 9.95. The van der Waals surface area contributed by atoms with Gasteiger partial charge in [0.05, 0.1) is 12.3 Å². The van der Waals surface area contributed by atoms with Crippen molar-refractivity contribution in [2.75, 3.05) is 18.5 Å². The number of ether oxygens (including phenoxy) is 1. The van der Waals surface area contributed by atoms with Gasteiger partial charge in [-0.3, -0.25) is 5.32 Å². The molecule has 6 heteroatoms. The number of anilines is 1. The summed E-state index contributed by atoms with van der Waals surface area (Å²) in [5, 5.41) is 10.7. The Morgan fingerprint density at radius 2 is 2.33 bits per heavy atom. The molecule has 114 valence electrons. The van der Waals surface area contributed by atoms with Crippen LogP contribution >= 0.6 is 11.8 Å². The first-order valence-corrected chi connectivity index (χ1v) is 8.57. The van der Waals surface area contributed by atoms with Gasteiger partial charge in [-0.15, -0.1) is 0 Å². The number of nitrogens with two attached hydrogens (primary N) is 1. The molecule has 0 bridgehead atoms. The highest BCUT2D eigenvalue weighted by Crippen LogP contribution is 2.45. The monoisotopic (exact) mass is 306 g/mol. The summed E-state index contributed by atoms with van der Waals surface area (Å²) in [5.74, 6) is 1.04. The van der Waals surface area contributed by atoms with Crippen LogP contribution in [0.15, 0.2) is 17.0 Å². The molecule has 1 aromatic carbocycles. The molecule has 4 unspecified atom stereocenters. The summed E-state index contributed by atoms with van der Waals surface area (Å²) in [6.45, 7) is 3.99. The van der Waals surface area contributed by atoms with Gasteiger partial charge in [0, 0.05) is 35.0 Å². The SMILES string of the molecule is CC1NCCC(NC2Nc3c(ccc4c3CCO4)S2)C1N. The first-order valence-electron chi connectivity index (χ1n) is 7.69. The van der Waals surface area contributed by atoms with E-state index in [-0.39, 0.29) is 11.5 Å². The standard InChI is InChI=1S/C15H22N4OS/c1-8-13(16)10(4-6-17-8)18-15-19-14-9-5-7-20-11(9)2-3-12(14)21-15/h2-3,8,10,13,15,17-19H,4-7,16H2,1H3. The van der Waals surface area contributed by atoms with Gasteiger partial charge in [-0.1, -0.05) is 11.8 Å². The maximum atomic E-state index is 6.31. The Bertz CT molecular complexity index is 553. The Balaban J connectivity index is 1.47. The van der Waals surface area contributed by atoms with E-state index in [1.807, 2.05) is 11.8 Å². The van der Waals surface area contributed by atoms with Crippen LogP contribution < -0.4 is 26.4 Å². The van der Waals surface area contributed by atoms with Crippen molar-refractivity contribution < 1.29 is 4.74 Å². The third-order valence-electron chi connectivity index (χ3n) is 4.69. The van der Waals surface area contributed by atoms with Gasteiger partial charge in [0.25, 0.3) is 0 Å². The van der Waals surface area contributed by atoms with Crippen molar-refractivity contribution in [3.05, 3.63) is 17.7 Å². The molecule has 1 saturated heterocycles. The number of rotatable bonds is 2. The molecule has 5 N–H and O–H groups in total. The van der Waals surface area contributed by atoms with E-state index in [2.05, 4.69) is 35.0 Å². The number of hydrogen-bond acceptors (Lipinski definition) is 6. The van der Waals surface area contributed by atoms with Crippen LogP contribution in [0, 0.1) is 0 Å². The second-order valence-corrected chi connectivity index (χ2v) is 7.18. The highest BCUT2D eigenvalue weighted by atomic mass is 32.2. The average Bonchev–Trinajstić information content (AvgIpc) is 3.08. The first-order chi connectivity index (χ1) is 10.2. The third kappa shape index (κ3) is 2.40. The lowest BCUT2D eigenvalue weighted by molar-refractivity contribution is 0.288. The number of hydrogen-bond donors (Lipinski definition) is 4. The van der Waals surface area contributed by atoms with Gasteiger partial charge in [-0.2, -0.15) is 0 Å². The van der Waals surface area contributed by atoms with E-state index < -0.39 is 0 Å². The highest BCUT2D eigenvalue weighted by Gasteiger charge is 2.33. The first kappa shape index (κ1) is 13.7. The smallest absolute Gasteiger partial charge is 0.130 e. The molecule has 0 aliphatic carbocycles. The molecule has 0 saturated carbocycles. The van der Waals surface area contributed by atoms with Crippen LogP contribution in [0.5, 0.6) is 5.75 Å². The largest absolute Gasteiger partial charge is 0.493 e. The molecular weight excluding hydrogens is 284 g/mol. The maximum absolute atomic E-state index is 6.31. The summed E-state index contributed by atoms with van der Waals surface area (Å²) in [6, 6.07) is 5.12. The number of piperidine rings is 1. The fraction of sp³-hybridized carbons (Fsp3) is 0.600. The van der Waals surface area contributed by atoms with Crippen LogP contribution in [0.1, 0.15) is 18.9 Å². The Kier molecular flexibility index (Phi) is 3.49. The maximum Gasteiger partial charge on any atom is 0.130 e. The number of thioether (sulfide) groups is 1. The van der Waals surface area contributed by atoms with Crippen LogP contribution in [0.2, 0.25) is 0 Å². The van der Waals surface area contributed by atoms with Crippen LogP contribution in [0.3, 0.4) is 0 Å². The van der Waals surface area contributed by atoms with Crippen LogP contribution in [0.4, 0.5) is 5.69 Å². The molecule has 3 heterocycles. The van der Waals surface area contributed by atoms with Crippen molar-refractivity contribution in [3.8, 4) is 5.75 Å². The summed E-state index contributed by atoms with van der Waals surface area (Å²) in [6.07, 6.45) is 2.07. The van der Waals surface area contributed by atoms with Gasteiger partial charge in [0.2, 0.25) is 0 Å². The summed E-state index contributed by atoms with van der Waals surface area (Å²) in [5.41, 5.74) is 9.10. The summed E-state index contributed by atoms with van der Waals surface area (Å²) in [7, 11) is 0. The molecule has 1 fully saturated rings. The second kappa shape index (κ2) is 5.35. The van der Waals surface area contributed by atoms with E-state index in [0.29, 0.717) is 12.1 Å². The molecule has 4 rings (SSSR count). The molecule has 3 aliphatic rings. The fourth-order valence-corrected chi connectivity index (χ4v) is 4.53. The predicted molar refractivity (Wildman–Crippen MR) is 85.9 cm³/mol. The minimum Gasteiger partial charge on any atom is -0.493 e. The van der Waals surface area contributed by atoms with Crippen molar-refractivity contribution in [2.24, 2.45) is 5.73 Å². The Labute approximate surface area is 129 Å². The van der Waals surface area contributed by atoms with Gasteiger partial charge in [-0.05, 0) is 32.0 Å². The molecular formula is C15H22N4OS. The van der Waals surface area contributed by atoms with Crippen LogP contribution in [-0.4, -0.2) is 36.8 Å². The highest BCUT2D eigenvalue weighted by molar-refractivity contribution is 8.00. The number of fused-ring (bicyclic) bond motifs is 3. The van der Waals surface area contributed by atoms with Gasteiger partial charge < -0.3 is 21.1 Å². The zero-order valence-corrected chi connectivity index (χ0v) is 13.0. The minimum atomic E-state index is 0.152. The Morgan fingerprint density at radius 1 is 1.43 bits per heavy atom. The molecule has 1 aromatic rings. The van der Waals surface area contributed by atoms with Gasteiger partial charge in [0.15, 0.2) is 0 Å². The predicted octanol–water partition coefficient (Wildman–Crippen LogP) is 1.09. The van der Waals surface area contributed by atoms with E-state index >= 15 is 0 Å². The van der Waals surface area contributed by atoms with Crippen molar-refractivity contribution in [3.63, 3.8) is 0 Å². The van der Waals surface area contributed by atoms with Crippen molar-refractivity contribution in [1.29, 1.82) is 0 Å². The topological polar surface area (TPSA) is 71.3 Å². The van der Waals surface area contributed by atoms with Crippen LogP contribution in [0.25, 0.3) is 0 Å². The Hall–Kier alpha value is -0.950. The zero-order chi connectivity index (χ0) is 14.4. The van der Waals surface area contributed by atoms with E-state index in [1.165, 1.54) is 16.1 Å². The molecule has 21 heavy (non-hydrogen) atoms. The summed E-state index contributed by atoms with van der Waals surface area (Å²) >= 11 is 1.85. The van der Waals surface area contributed by atoms with Crippen molar-refractivity contribution in [1.82, 2.24) is 10.6 Å². The lowest BCUT2D eigenvalue weighted by Gasteiger charge is -2.36. The molecule has 5 nitrogen and oxygen atoms in total.